The summed E-state index contributed by atoms with van der Waals surface area (Å²) in [6.45, 7) is 6.92. The molecule has 1 aliphatic carbocycles. The number of carbonyl (C=O) groups is 2. The summed E-state index contributed by atoms with van der Waals surface area (Å²) in [5.41, 5.74) is 3.63. The van der Waals surface area contributed by atoms with Gasteiger partial charge >= 0.3 is 5.97 Å². The van der Waals surface area contributed by atoms with Crippen molar-refractivity contribution in [2.45, 2.75) is 52.4 Å². The Balaban J connectivity index is 2.01. The van der Waals surface area contributed by atoms with Crippen molar-refractivity contribution in [3.05, 3.63) is 46.3 Å². The first kappa shape index (κ1) is 24.2. The number of ether oxygens (including phenoxy) is 3. The van der Waals surface area contributed by atoms with Gasteiger partial charge in [0, 0.05) is 35.1 Å². The molecule has 2 aliphatic rings. The van der Waals surface area contributed by atoms with E-state index in [2.05, 4.69) is 12.2 Å². The number of nitrogens with one attached hydrogen (secondary N) is 1. The van der Waals surface area contributed by atoms with Crippen LogP contribution in [0.2, 0.25) is 0 Å². The first-order valence-corrected chi connectivity index (χ1v) is 12.5. The van der Waals surface area contributed by atoms with Crippen LogP contribution in [0.5, 0.6) is 11.5 Å². The van der Waals surface area contributed by atoms with Crippen molar-refractivity contribution in [2.24, 2.45) is 0 Å². The van der Waals surface area contributed by atoms with E-state index in [0.717, 1.165) is 47.7 Å². The Labute approximate surface area is 194 Å². The summed E-state index contributed by atoms with van der Waals surface area (Å²) in [5, 5.41) is 3.33. The van der Waals surface area contributed by atoms with Gasteiger partial charge in [0.25, 0.3) is 0 Å². The molecule has 0 spiro atoms. The van der Waals surface area contributed by atoms with Crippen molar-refractivity contribution in [1.29, 1.82) is 0 Å². The molecular weight excluding hydrogens is 426 g/mol. The van der Waals surface area contributed by atoms with Gasteiger partial charge in [-0.15, -0.1) is 0 Å². The minimum Gasteiger partial charge on any atom is -0.493 e. The van der Waals surface area contributed by atoms with E-state index in [1.807, 2.05) is 32.0 Å². The van der Waals surface area contributed by atoms with Gasteiger partial charge in [-0.3, -0.25) is 4.79 Å². The monoisotopic (exact) mass is 459 g/mol. The Hall–Kier alpha value is -2.41. The van der Waals surface area contributed by atoms with Gasteiger partial charge in [0.15, 0.2) is 17.3 Å². The second-order valence-electron chi connectivity index (χ2n) is 7.86. The molecule has 0 saturated carbocycles. The molecule has 1 aliphatic heterocycles. The molecule has 0 saturated heterocycles. The molecule has 0 amide bonds. The van der Waals surface area contributed by atoms with E-state index in [1.54, 1.807) is 18.9 Å². The van der Waals surface area contributed by atoms with E-state index in [4.69, 9.17) is 14.2 Å². The van der Waals surface area contributed by atoms with Crippen molar-refractivity contribution in [3.63, 3.8) is 0 Å². The quantitative estimate of drug-likeness (QED) is 0.400. The fraction of sp³-hybridized carbons (Fsp3) is 0.520. The first-order chi connectivity index (χ1) is 15.5. The zero-order valence-electron chi connectivity index (χ0n) is 19.4. The number of Topliss-reactive ketones (excluding diaryl/α,β-unsaturated/α-hetero) is 1. The number of hydrogen-bond donors (Lipinski definition) is 1. The normalized spacial score (nSPS) is 18.2. The van der Waals surface area contributed by atoms with Crippen LogP contribution in [-0.2, 0) is 14.3 Å². The molecule has 1 atom stereocenters. The standard InChI is InChI=1S/C25H33NO5S/c1-5-12-30-20-11-10-17(15-21(20)29-4)23-22(25(28)31-13-14-32-6-2)16(3)26-18-8-7-9-19(27)24(18)23/h10-11,15,23,26H,5-9,12-14H2,1-4H3/t23-/m1/s1. The number of esters is 1. The second-order valence-corrected chi connectivity index (χ2v) is 9.25. The van der Waals surface area contributed by atoms with Crippen LogP contribution in [0.3, 0.4) is 0 Å². The van der Waals surface area contributed by atoms with Gasteiger partial charge in [-0.25, -0.2) is 4.79 Å². The van der Waals surface area contributed by atoms with E-state index in [0.29, 0.717) is 42.3 Å². The maximum atomic E-state index is 13.2. The summed E-state index contributed by atoms with van der Waals surface area (Å²) in [7, 11) is 1.60. The number of ketones is 1. The van der Waals surface area contributed by atoms with Gasteiger partial charge in [-0.1, -0.05) is 19.9 Å². The third-order valence-corrected chi connectivity index (χ3v) is 6.51. The van der Waals surface area contributed by atoms with E-state index in [-0.39, 0.29) is 11.8 Å². The molecule has 0 bridgehead atoms. The highest BCUT2D eigenvalue weighted by Crippen LogP contribution is 2.44. The lowest BCUT2D eigenvalue weighted by molar-refractivity contribution is -0.138. The smallest absolute Gasteiger partial charge is 0.336 e. The number of rotatable bonds is 10. The maximum absolute atomic E-state index is 13.2. The molecule has 0 fully saturated rings. The van der Waals surface area contributed by atoms with Crippen LogP contribution in [-0.4, -0.2) is 43.6 Å². The molecule has 3 rings (SSSR count). The zero-order chi connectivity index (χ0) is 23.1. The highest BCUT2D eigenvalue weighted by molar-refractivity contribution is 7.99. The zero-order valence-corrected chi connectivity index (χ0v) is 20.2. The summed E-state index contributed by atoms with van der Waals surface area (Å²) >= 11 is 1.72. The summed E-state index contributed by atoms with van der Waals surface area (Å²) < 4.78 is 17.0. The number of methoxy groups -OCH3 is 1. The molecule has 174 valence electrons. The van der Waals surface area contributed by atoms with Crippen LogP contribution in [0.4, 0.5) is 0 Å². The Morgan fingerprint density at radius 1 is 1.19 bits per heavy atom. The third-order valence-electron chi connectivity index (χ3n) is 5.64. The molecular formula is C25H33NO5S. The van der Waals surface area contributed by atoms with Crippen LogP contribution in [0, 0.1) is 0 Å². The fourth-order valence-corrected chi connectivity index (χ4v) is 4.69. The Morgan fingerprint density at radius 3 is 2.72 bits per heavy atom. The molecule has 1 N–H and O–H groups in total. The van der Waals surface area contributed by atoms with Gasteiger partial charge < -0.3 is 19.5 Å². The Morgan fingerprint density at radius 2 is 2.00 bits per heavy atom. The molecule has 7 heteroatoms. The molecule has 32 heavy (non-hydrogen) atoms. The minimum atomic E-state index is -0.487. The number of allylic oxidation sites excluding steroid dienone is 3. The molecule has 1 aromatic rings. The number of thioether (sulfide) groups is 1. The summed E-state index contributed by atoms with van der Waals surface area (Å²) in [6, 6.07) is 5.65. The Kier molecular flexibility index (Phi) is 8.67. The lowest BCUT2D eigenvalue weighted by Gasteiger charge is -2.34. The highest BCUT2D eigenvalue weighted by atomic mass is 32.2. The topological polar surface area (TPSA) is 73.9 Å². The van der Waals surface area contributed by atoms with Gasteiger partial charge in [0.05, 0.1) is 19.3 Å². The van der Waals surface area contributed by atoms with E-state index in [9.17, 15) is 9.59 Å². The highest BCUT2D eigenvalue weighted by Gasteiger charge is 2.39. The largest absolute Gasteiger partial charge is 0.493 e. The van der Waals surface area contributed by atoms with E-state index >= 15 is 0 Å². The van der Waals surface area contributed by atoms with Gasteiger partial charge in [-0.05, 0) is 49.6 Å². The van der Waals surface area contributed by atoms with E-state index < -0.39 is 5.92 Å². The van der Waals surface area contributed by atoms with Crippen LogP contribution in [0.1, 0.15) is 57.9 Å². The number of carbonyl (C=O) groups excluding carboxylic acids is 2. The van der Waals surface area contributed by atoms with Crippen molar-refractivity contribution in [1.82, 2.24) is 5.32 Å². The lowest BCUT2D eigenvalue weighted by atomic mass is 9.75. The second kappa shape index (κ2) is 11.5. The van der Waals surface area contributed by atoms with Crippen molar-refractivity contribution >= 4 is 23.5 Å². The average Bonchev–Trinajstić information content (AvgIpc) is 2.79. The molecule has 0 radical (unpaired) electrons. The van der Waals surface area contributed by atoms with Crippen molar-refractivity contribution in [3.8, 4) is 11.5 Å². The average molecular weight is 460 g/mol. The van der Waals surface area contributed by atoms with E-state index in [1.165, 1.54) is 0 Å². The minimum absolute atomic E-state index is 0.0772. The lowest BCUT2D eigenvalue weighted by Crippen LogP contribution is -2.34. The van der Waals surface area contributed by atoms with Gasteiger partial charge in [0.1, 0.15) is 6.61 Å². The van der Waals surface area contributed by atoms with Crippen LogP contribution in [0.25, 0.3) is 0 Å². The first-order valence-electron chi connectivity index (χ1n) is 11.3. The maximum Gasteiger partial charge on any atom is 0.336 e. The van der Waals surface area contributed by atoms with Crippen LogP contribution in [0.15, 0.2) is 40.7 Å². The number of benzene rings is 1. The SMILES string of the molecule is CCCOc1ccc([C@@H]2C(C(=O)OCCSCC)=C(C)NC3=C2C(=O)CCC3)cc1OC. The third kappa shape index (κ3) is 5.31. The predicted molar refractivity (Wildman–Crippen MR) is 127 cm³/mol. The summed E-state index contributed by atoms with van der Waals surface area (Å²) in [4.78, 5) is 26.2. The molecule has 6 nitrogen and oxygen atoms in total. The number of dihydropyridines is 1. The van der Waals surface area contributed by atoms with Crippen LogP contribution < -0.4 is 14.8 Å². The summed E-state index contributed by atoms with van der Waals surface area (Å²) in [5.74, 6) is 2.17. The van der Waals surface area contributed by atoms with Gasteiger partial charge in [0.2, 0.25) is 0 Å². The molecule has 1 aromatic carbocycles. The Bertz CT molecular complexity index is 921. The van der Waals surface area contributed by atoms with Crippen molar-refractivity contribution < 1.29 is 23.8 Å². The molecule has 0 aromatic heterocycles. The van der Waals surface area contributed by atoms with Crippen molar-refractivity contribution in [2.75, 3.05) is 31.8 Å². The summed E-state index contributed by atoms with van der Waals surface area (Å²) in [6.07, 6.45) is 2.98. The fourth-order valence-electron chi connectivity index (χ4n) is 4.20. The molecule has 0 unspecified atom stereocenters. The van der Waals surface area contributed by atoms with Gasteiger partial charge in [-0.2, -0.15) is 11.8 Å². The predicted octanol–water partition coefficient (Wildman–Crippen LogP) is 4.75. The van der Waals surface area contributed by atoms with Crippen LogP contribution >= 0.6 is 11.8 Å². The molecule has 1 heterocycles. The number of hydrogen-bond acceptors (Lipinski definition) is 7.